The fourth-order valence-electron chi connectivity index (χ4n) is 2.73. The Balaban J connectivity index is 1.65. The quantitative estimate of drug-likeness (QED) is 0.736. The molecule has 0 saturated carbocycles. The highest BCUT2D eigenvalue weighted by molar-refractivity contribution is 7.91. The molecule has 1 saturated heterocycles. The highest BCUT2D eigenvalue weighted by Gasteiger charge is 2.28. The van der Waals surface area contributed by atoms with E-state index in [2.05, 4.69) is 34.6 Å². The van der Waals surface area contributed by atoms with Gasteiger partial charge in [-0.1, -0.05) is 18.2 Å². The molecule has 0 unspecified atom stereocenters. The van der Waals surface area contributed by atoms with E-state index in [0.717, 1.165) is 19.5 Å². The number of rotatable bonds is 7. The van der Waals surface area contributed by atoms with Crippen molar-refractivity contribution in [2.75, 3.05) is 36.0 Å². The Kier molecular flexibility index (Phi) is 6.27. The van der Waals surface area contributed by atoms with Gasteiger partial charge in [-0.3, -0.25) is 0 Å². The average molecular weight is 339 g/mol. The Morgan fingerprint density at radius 3 is 2.65 bits per heavy atom. The Labute approximate surface area is 138 Å². The highest BCUT2D eigenvalue weighted by Crippen LogP contribution is 2.13. The lowest BCUT2D eigenvalue weighted by Gasteiger charge is -2.23. The van der Waals surface area contributed by atoms with Crippen molar-refractivity contribution in [2.45, 2.75) is 25.8 Å². The zero-order chi connectivity index (χ0) is 16.7. The summed E-state index contributed by atoms with van der Waals surface area (Å²) in [4.78, 5) is 14.0. The average Bonchev–Trinajstić information content (AvgIpc) is 2.87. The number of nitrogens with zero attached hydrogens (tertiary/aromatic N) is 1. The van der Waals surface area contributed by atoms with E-state index in [9.17, 15) is 13.2 Å². The summed E-state index contributed by atoms with van der Waals surface area (Å²) in [7, 11) is -2.96. The second-order valence-corrected chi connectivity index (χ2v) is 8.00. The van der Waals surface area contributed by atoms with Crippen molar-refractivity contribution in [1.29, 1.82) is 0 Å². The molecule has 1 fully saturated rings. The summed E-state index contributed by atoms with van der Waals surface area (Å²) < 4.78 is 22.7. The molecular formula is C16H25N3O3S. The molecule has 23 heavy (non-hydrogen) atoms. The molecule has 1 aromatic carbocycles. The molecule has 0 spiro atoms. The number of sulfone groups is 1. The predicted octanol–water partition coefficient (Wildman–Crippen LogP) is 1.39. The van der Waals surface area contributed by atoms with Gasteiger partial charge >= 0.3 is 6.03 Å². The van der Waals surface area contributed by atoms with E-state index in [-0.39, 0.29) is 23.6 Å². The number of nitrogens with one attached hydrogen (secondary N) is 2. The largest absolute Gasteiger partial charge is 0.372 e. The van der Waals surface area contributed by atoms with E-state index in [0.29, 0.717) is 13.0 Å². The molecule has 2 amide bonds. The third kappa shape index (κ3) is 5.74. The van der Waals surface area contributed by atoms with E-state index < -0.39 is 9.84 Å². The summed E-state index contributed by atoms with van der Waals surface area (Å²) >= 11 is 0. The summed E-state index contributed by atoms with van der Waals surface area (Å²) in [5, 5.41) is 5.52. The van der Waals surface area contributed by atoms with Gasteiger partial charge < -0.3 is 15.5 Å². The Morgan fingerprint density at radius 1 is 1.30 bits per heavy atom. The van der Waals surface area contributed by atoms with Crippen molar-refractivity contribution in [3.63, 3.8) is 0 Å². The molecule has 7 heteroatoms. The molecule has 6 nitrogen and oxygen atoms in total. The van der Waals surface area contributed by atoms with Gasteiger partial charge in [0.2, 0.25) is 0 Å². The van der Waals surface area contributed by atoms with Crippen molar-refractivity contribution >= 4 is 21.6 Å². The van der Waals surface area contributed by atoms with Crippen LogP contribution in [0.15, 0.2) is 30.3 Å². The molecule has 1 aliphatic rings. The Hall–Kier alpha value is -1.76. The third-order valence-electron chi connectivity index (χ3n) is 3.96. The smallest absolute Gasteiger partial charge is 0.315 e. The van der Waals surface area contributed by atoms with Gasteiger partial charge in [-0.05, 0) is 31.9 Å². The molecule has 0 bridgehead atoms. The topological polar surface area (TPSA) is 78.5 Å². The van der Waals surface area contributed by atoms with Crippen molar-refractivity contribution in [3.05, 3.63) is 30.3 Å². The zero-order valence-corrected chi connectivity index (χ0v) is 14.3. The number of urea groups is 1. The van der Waals surface area contributed by atoms with Gasteiger partial charge in [0.05, 0.1) is 11.5 Å². The van der Waals surface area contributed by atoms with Crippen LogP contribution in [0.1, 0.15) is 19.8 Å². The lowest BCUT2D eigenvalue weighted by molar-refractivity contribution is 0.238. The monoisotopic (exact) mass is 339 g/mol. The van der Waals surface area contributed by atoms with Crippen LogP contribution < -0.4 is 15.5 Å². The SMILES string of the molecule is CCN(CCCNC(=O)N[C@H]1CCS(=O)(=O)C1)c1ccccc1. The first kappa shape index (κ1) is 17.6. The van der Waals surface area contributed by atoms with Crippen LogP contribution in [0.4, 0.5) is 10.5 Å². The van der Waals surface area contributed by atoms with Gasteiger partial charge in [-0.25, -0.2) is 13.2 Å². The van der Waals surface area contributed by atoms with E-state index in [4.69, 9.17) is 0 Å². The van der Waals surface area contributed by atoms with Gasteiger partial charge in [-0.2, -0.15) is 0 Å². The molecule has 0 radical (unpaired) electrons. The summed E-state index contributed by atoms with van der Waals surface area (Å²) in [5.74, 6) is 0.221. The maximum atomic E-state index is 11.8. The number of amides is 2. The van der Waals surface area contributed by atoms with Crippen molar-refractivity contribution in [2.24, 2.45) is 0 Å². The lowest BCUT2D eigenvalue weighted by atomic mass is 10.2. The number of carbonyl (C=O) groups is 1. The normalized spacial score (nSPS) is 19.3. The number of carbonyl (C=O) groups excluding carboxylic acids is 1. The molecule has 0 aromatic heterocycles. The van der Waals surface area contributed by atoms with Crippen LogP contribution in [0.25, 0.3) is 0 Å². The van der Waals surface area contributed by atoms with Gasteiger partial charge in [0.1, 0.15) is 0 Å². The first-order valence-electron chi connectivity index (χ1n) is 8.05. The summed E-state index contributed by atoms with van der Waals surface area (Å²) in [5.41, 5.74) is 1.18. The number of anilines is 1. The summed E-state index contributed by atoms with van der Waals surface area (Å²) in [6, 6.07) is 9.63. The zero-order valence-electron chi connectivity index (χ0n) is 13.5. The molecule has 128 valence electrons. The van der Waals surface area contributed by atoms with Crippen LogP contribution in [0.2, 0.25) is 0 Å². The fourth-order valence-corrected chi connectivity index (χ4v) is 4.40. The van der Waals surface area contributed by atoms with Crippen molar-refractivity contribution < 1.29 is 13.2 Å². The number of hydrogen-bond acceptors (Lipinski definition) is 4. The maximum Gasteiger partial charge on any atom is 0.315 e. The van der Waals surface area contributed by atoms with E-state index in [1.165, 1.54) is 5.69 Å². The molecule has 2 N–H and O–H groups in total. The molecule has 1 aliphatic heterocycles. The van der Waals surface area contributed by atoms with E-state index in [1.54, 1.807) is 0 Å². The van der Waals surface area contributed by atoms with Crippen LogP contribution in [-0.4, -0.2) is 51.6 Å². The second kappa shape index (κ2) is 8.19. The Bertz CT molecular complexity index is 604. The van der Waals surface area contributed by atoms with Crippen molar-refractivity contribution in [3.8, 4) is 0 Å². The first-order chi connectivity index (χ1) is 11.0. The fraction of sp³-hybridized carbons (Fsp3) is 0.562. The second-order valence-electron chi connectivity index (χ2n) is 5.77. The summed E-state index contributed by atoms with van der Waals surface area (Å²) in [6.07, 6.45) is 1.34. The van der Waals surface area contributed by atoms with Gasteiger partial charge in [0.25, 0.3) is 0 Å². The standard InChI is InChI=1S/C16H25N3O3S/c1-2-19(15-7-4-3-5-8-15)11-6-10-17-16(20)18-14-9-12-23(21,22)13-14/h3-5,7-8,14H,2,6,9-13H2,1H3,(H2,17,18,20)/t14-/m0/s1. The van der Waals surface area contributed by atoms with Crippen molar-refractivity contribution in [1.82, 2.24) is 10.6 Å². The molecular weight excluding hydrogens is 314 g/mol. The molecule has 0 aliphatic carbocycles. The van der Waals surface area contributed by atoms with Crippen LogP contribution in [0.3, 0.4) is 0 Å². The van der Waals surface area contributed by atoms with Gasteiger partial charge in [0.15, 0.2) is 9.84 Å². The minimum absolute atomic E-state index is 0.0536. The third-order valence-corrected chi connectivity index (χ3v) is 5.73. The molecule has 1 atom stereocenters. The highest BCUT2D eigenvalue weighted by atomic mass is 32.2. The number of para-hydroxylation sites is 1. The van der Waals surface area contributed by atoms with Gasteiger partial charge in [-0.15, -0.1) is 0 Å². The molecule has 1 aromatic rings. The van der Waals surface area contributed by atoms with E-state index in [1.807, 2.05) is 18.2 Å². The van der Waals surface area contributed by atoms with Crippen LogP contribution in [0.5, 0.6) is 0 Å². The first-order valence-corrected chi connectivity index (χ1v) is 9.87. The Morgan fingerprint density at radius 2 is 2.04 bits per heavy atom. The number of hydrogen-bond donors (Lipinski definition) is 2. The van der Waals surface area contributed by atoms with Crippen LogP contribution in [0, 0.1) is 0 Å². The summed E-state index contributed by atoms with van der Waals surface area (Å²) in [6.45, 7) is 4.44. The minimum Gasteiger partial charge on any atom is -0.372 e. The molecule has 1 heterocycles. The van der Waals surface area contributed by atoms with Crippen LogP contribution >= 0.6 is 0 Å². The van der Waals surface area contributed by atoms with E-state index >= 15 is 0 Å². The van der Waals surface area contributed by atoms with Gasteiger partial charge in [0, 0.05) is 31.4 Å². The van der Waals surface area contributed by atoms with Crippen LogP contribution in [-0.2, 0) is 9.84 Å². The number of benzene rings is 1. The predicted molar refractivity (Wildman–Crippen MR) is 92.5 cm³/mol. The minimum atomic E-state index is -2.96. The lowest BCUT2D eigenvalue weighted by Crippen LogP contribution is -2.43. The molecule has 2 rings (SSSR count). The maximum absolute atomic E-state index is 11.8.